The molecule has 0 aliphatic carbocycles. The standard InChI is InChI=1S/C18H24N2O/c1-5-19-11-15-7-9-18(20-12-15)21-17-10-14(4)6-8-16(17)13(2)3/h6-10,12-13,19H,5,11H2,1-4H3. The van der Waals surface area contributed by atoms with Crippen molar-refractivity contribution in [3.63, 3.8) is 0 Å². The first-order valence-corrected chi connectivity index (χ1v) is 7.54. The zero-order chi connectivity index (χ0) is 15.2. The number of aryl methyl sites for hydroxylation is 1. The molecule has 21 heavy (non-hydrogen) atoms. The number of aromatic nitrogens is 1. The summed E-state index contributed by atoms with van der Waals surface area (Å²) in [6, 6.07) is 10.3. The Labute approximate surface area is 127 Å². The molecule has 1 aromatic carbocycles. The Morgan fingerprint density at radius 3 is 2.62 bits per heavy atom. The van der Waals surface area contributed by atoms with Gasteiger partial charge in [-0.3, -0.25) is 0 Å². The highest BCUT2D eigenvalue weighted by Crippen LogP contribution is 2.30. The summed E-state index contributed by atoms with van der Waals surface area (Å²) in [5, 5.41) is 3.28. The van der Waals surface area contributed by atoms with Gasteiger partial charge in [-0.25, -0.2) is 4.98 Å². The van der Waals surface area contributed by atoms with Gasteiger partial charge in [-0.1, -0.05) is 39.0 Å². The largest absolute Gasteiger partial charge is 0.439 e. The Morgan fingerprint density at radius 2 is 2.00 bits per heavy atom. The molecule has 0 unspecified atom stereocenters. The summed E-state index contributed by atoms with van der Waals surface area (Å²) in [5.41, 5.74) is 3.56. The van der Waals surface area contributed by atoms with Gasteiger partial charge < -0.3 is 10.1 Å². The Balaban J connectivity index is 2.16. The average Bonchev–Trinajstić information content (AvgIpc) is 2.46. The Morgan fingerprint density at radius 1 is 1.19 bits per heavy atom. The lowest BCUT2D eigenvalue weighted by molar-refractivity contribution is 0.453. The van der Waals surface area contributed by atoms with Gasteiger partial charge in [0.25, 0.3) is 0 Å². The monoisotopic (exact) mass is 284 g/mol. The average molecular weight is 284 g/mol. The number of hydrogen-bond acceptors (Lipinski definition) is 3. The van der Waals surface area contributed by atoms with Gasteiger partial charge in [-0.15, -0.1) is 0 Å². The smallest absolute Gasteiger partial charge is 0.219 e. The Bertz CT molecular complexity index is 576. The van der Waals surface area contributed by atoms with Gasteiger partial charge in [0.1, 0.15) is 5.75 Å². The van der Waals surface area contributed by atoms with Crippen LogP contribution in [0.25, 0.3) is 0 Å². The van der Waals surface area contributed by atoms with E-state index in [1.54, 1.807) is 0 Å². The number of ether oxygens (including phenoxy) is 1. The van der Waals surface area contributed by atoms with Crippen LogP contribution < -0.4 is 10.1 Å². The second-order valence-electron chi connectivity index (χ2n) is 5.58. The molecule has 3 nitrogen and oxygen atoms in total. The zero-order valence-electron chi connectivity index (χ0n) is 13.3. The van der Waals surface area contributed by atoms with Crippen molar-refractivity contribution in [1.29, 1.82) is 0 Å². The third kappa shape index (κ3) is 4.30. The van der Waals surface area contributed by atoms with Crippen molar-refractivity contribution in [1.82, 2.24) is 10.3 Å². The van der Waals surface area contributed by atoms with Crippen molar-refractivity contribution in [2.75, 3.05) is 6.54 Å². The van der Waals surface area contributed by atoms with Crippen molar-refractivity contribution in [3.05, 3.63) is 53.2 Å². The topological polar surface area (TPSA) is 34.1 Å². The van der Waals surface area contributed by atoms with Gasteiger partial charge in [-0.05, 0) is 42.1 Å². The number of nitrogens with zero attached hydrogens (tertiary/aromatic N) is 1. The fourth-order valence-electron chi connectivity index (χ4n) is 2.16. The second-order valence-corrected chi connectivity index (χ2v) is 5.58. The summed E-state index contributed by atoms with van der Waals surface area (Å²) in [7, 11) is 0. The van der Waals surface area contributed by atoms with E-state index in [1.807, 2.05) is 12.3 Å². The Kier molecular flexibility index (Phi) is 5.34. The molecule has 0 radical (unpaired) electrons. The highest BCUT2D eigenvalue weighted by atomic mass is 16.5. The van der Waals surface area contributed by atoms with Crippen LogP contribution in [-0.4, -0.2) is 11.5 Å². The van der Waals surface area contributed by atoms with E-state index in [0.717, 1.165) is 24.4 Å². The van der Waals surface area contributed by atoms with E-state index in [0.29, 0.717) is 11.8 Å². The first-order chi connectivity index (χ1) is 10.1. The number of nitrogens with one attached hydrogen (secondary N) is 1. The molecule has 0 spiro atoms. The SMILES string of the molecule is CCNCc1ccc(Oc2cc(C)ccc2C(C)C)nc1. The van der Waals surface area contributed by atoms with Crippen LogP contribution in [0.1, 0.15) is 43.4 Å². The van der Waals surface area contributed by atoms with Crippen LogP contribution in [0.15, 0.2) is 36.5 Å². The molecule has 0 atom stereocenters. The fraction of sp³-hybridized carbons (Fsp3) is 0.389. The number of benzene rings is 1. The van der Waals surface area contributed by atoms with E-state index < -0.39 is 0 Å². The normalized spacial score (nSPS) is 10.9. The molecular weight excluding hydrogens is 260 g/mol. The number of rotatable bonds is 6. The van der Waals surface area contributed by atoms with Gasteiger partial charge in [0.2, 0.25) is 5.88 Å². The molecule has 0 fully saturated rings. The van der Waals surface area contributed by atoms with Crippen LogP contribution in [-0.2, 0) is 6.54 Å². The van der Waals surface area contributed by atoms with E-state index in [2.05, 4.69) is 62.3 Å². The third-order valence-corrected chi connectivity index (χ3v) is 3.38. The lowest BCUT2D eigenvalue weighted by Gasteiger charge is -2.14. The molecule has 0 bridgehead atoms. The predicted molar refractivity (Wildman–Crippen MR) is 87.0 cm³/mol. The molecule has 0 amide bonds. The summed E-state index contributed by atoms with van der Waals surface area (Å²) in [6.45, 7) is 10.3. The lowest BCUT2D eigenvalue weighted by Crippen LogP contribution is -2.11. The summed E-state index contributed by atoms with van der Waals surface area (Å²) in [6.07, 6.45) is 1.86. The lowest BCUT2D eigenvalue weighted by atomic mass is 10.0. The van der Waals surface area contributed by atoms with Crippen LogP contribution in [0.4, 0.5) is 0 Å². The van der Waals surface area contributed by atoms with E-state index in [1.165, 1.54) is 11.1 Å². The molecule has 112 valence electrons. The minimum Gasteiger partial charge on any atom is -0.439 e. The van der Waals surface area contributed by atoms with Gasteiger partial charge in [-0.2, -0.15) is 0 Å². The summed E-state index contributed by atoms with van der Waals surface area (Å²) >= 11 is 0. The van der Waals surface area contributed by atoms with Crippen LogP contribution in [0.2, 0.25) is 0 Å². The molecule has 0 saturated heterocycles. The van der Waals surface area contributed by atoms with Gasteiger partial charge in [0.05, 0.1) is 0 Å². The second kappa shape index (κ2) is 7.23. The van der Waals surface area contributed by atoms with E-state index in [-0.39, 0.29) is 0 Å². The van der Waals surface area contributed by atoms with Crippen LogP contribution in [0, 0.1) is 6.92 Å². The maximum atomic E-state index is 5.98. The molecule has 1 N–H and O–H groups in total. The van der Waals surface area contributed by atoms with Crippen molar-refractivity contribution in [2.24, 2.45) is 0 Å². The molecular formula is C18H24N2O. The number of pyridine rings is 1. The predicted octanol–water partition coefficient (Wildman–Crippen LogP) is 4.42. The molecule has 2 rings (SSSR count). The maximum absolute atomic E-state index is 5.98. The summed E-state index contributed by atoms with van der Waals surface area (Å²) in [4.78, 5) is 4.39. The van der Waals surface area contributed by atoms with Crippen molar-refractivity contribution < 1.29 is 4.74 Å². The minimum atomic E-state index is 0.425. The first kappa shape index (κ1) is 15.5. The third-order valence-electron chi connectivity index (χ3n) is 3.38. The van der Waals surface area contributed by atoms with E-state index in [4.69, 9.17) is 4.74 Å². The van der Waals surface area contributed by atoms with Gasteiger partial charge in [0, 0.05) is 18.8 Å². The van der Waals surface area contributed by atoms with Crippen LogP contribution in [0.5, 0.6) is 11.6 Å². The molecule has 2 aromatic rings. The van der Waals surface area contributed by atoms with Gasteiger partial charge in [0.15, 0.2) is 0 Å². The first-order valence-electron chi connectivity index (χ1n) is 7.54. The molecule has 0 aliphatic heterocycles. The zero-order valence-corrected chi connectivity index (χ0v) is 13.3. The quantitative estimate of drug-likeness (QED) is 0.853. The number of hydrogen-bond donors (Lipinski definition) is 1. The Hall–Kier alpha value is -1.87. The minimum absolute atomic E-state index is 0.425. The van der Waals surface area contributed by atoms with E-state index in [9.17, 15) is 0 Å². The van der Waals surface area contributed by atoms with Gasteiger partial charge >= 0.3 is 0 Å². The molecule has 3 heteroatoms. The van der Waals surface area contributed by atoms with Crippen molar-refractivity contribution >= 4 is 0 Å². The van der Waals surface area contributed by atoms with Crippen LogP contribution in [0.3, 0.4) is 0 Å². The summed E-state index contributed by atoms with van der Waals surface area (Å²) < 4.78 is 5.98. The van der Waals surface area contributed by atoms with Crippen molar-refractivity contribution in [3.8, 4) is 11.6 Å². The maximum Gasteiger partial charge on any atom is 0.219 e. The fourth-order valence-corrected chi connectivity index (χ4v) is 2.16. The molecule has 1 heterocycles. The molecule has 0 aliphatic rings. The summed E-state index contributed by atoms with van der Waals surface area (Å²) in [5.74, 6) is 1.97. The highest BCUT2D eigenvalue weighted by molar-refractivity contribution is 5.41. The highest BCUT2D eigenvalue weighted by Gasteiger charge is 2.09. The van der Waals surface area contributed by atoms with Crippen molar-refractivity contribution in [2.45, 2.75) is 40.2 Å². The van der Waals surface area contributed by atoms with Crippen LogP contribution >= 0.6 is 0 Å². The molecule has 1 aromatic heterocycles. The molecule has 0 saturated carbocycles. The van der Waals surface area contributed by atoms with E-state index >= 15 is 0 Å².